The zero-order valence-corrected chi connectivity index (χ0v) is 12.0. The Morgan fingerprint density at radius 1 is 1.29 bits per heavy atom. The maximum atomic E-state index is 6.27. The van der Waals surface area contributed by atoms with Crippen LogP contribution in [0.2, 0.25) is 29.7 Å². The zero-order valence-electron chi connectivity index (χ0n) is 8.69. The molecule has 1 heterocycles. The lowest BCUT2D eigenvalue weighted by atomic mass is 10.5. The van der Waals surface area contributed by atoms with Crippen molar-refractivity contribution in [2.24, 2.45) is 0 Å². The summed E-state index contributed by atoms with van der Waals surface area (Å²) in [6, 6.07) is 0. The van der Waals surface area contributed by atoms with Crippen molar-refractivity contribution in [1.29, 1.82) is 0 Å². The van der Waals surface area contributed by atoms with Crippen LogP contribution in [0, 0.1) is 0 Å². The lowest BCUT2D eigenvalue weighted by molar-refractivity contribution is 1.15. The predicted molar refractivity (Wildman–Crippen MR) is 69.0 cm³/mol. The number of hydrogen-bond donors (Lipinski definition) is 0. The van der Waals surface area contributed by atoms with Gasteiger partial charge in [-0.3, -0.25) is 0 Å². The molecule has 1 aromatic rings. The lowest BCUT2D eigenvalue weighted by Gasteiger charge is -2.20. The van der Waals surface area contributed by atoms with Crippen molar-refractivity contribution in [3.8, 4) is 0 Å². The van der Waals surface area contributed by atoms with Gasteiger partial charge >= 0.3 is 0 Å². The van der Waals surface area contributed by atoms with E-state index in [1.54, 1.807) is 18.0 Å². The summed E-state index contributed by atoms with van der Waals surface area (Å²) < 4.78 is 0. The van der Waals surface area contributed by atoms with Crippen LogP contribution in [0.25, 0.3) is 0 Å². The molecule has 5 heteroatoms. The SMILES string of the molecule is CSc1ncc(Cl)c([Si](C)(C)C)c1Cl. The molecule has 1 nitrogen and oxygen atoms in total. The minimum Gasteiger partial charge on any atom is -0.247 e. The van der Waals surface area contributed by atoms with Crippen LogP contribution in [0.5, 0.6) is 0 Å². The Labute approximate surface area is 100 Å². The smallest absolute Gasteiger partial charge is 0.114 e. The minimum absolute atomic E-state index is 0.701. The highest BCUT2D eigenvalue weighted by atomic mass is 35.5. The predicted octanol–water partition coefficient (Wildman–Crippen LogP) is 3.66. The monoisotopic (exact) mass is 265 g/mol. The maximum absolute atomic E-state index is 6.27. The van der Waals surface area contributed by atoms with Crippen LogP contribution in [0.4, 0.5) is 0 Å². The summed E-state index contributed by atoms with van der Waals surface area (Å²) in [5.74, 6) is 0. The number of thioether (sulfide) groups is 1. The number of halogens is 2. The van der Waals surface area contributed by atoms with Crippen molar-refractivity contribution < 1.29 is 0 Å². The molecule has 14 heavy (non-hydrogen) atoms. The van der Waals surface area contributed by atoms with E-state index < -0.39 is 8.07 Å². The van der Waals surface area contributed by atoms with E-state index in [0.717, 1.165) is 15.2 Å². The third-order valence-electron chi connectivity index (χ3n) is 1.88. The molecule has 78 valence electrons. The first kappa shape index (κ1) is 12.4. The van der Waals surface area contributed by atoms with Crippen LogP contribution in [0.15, 0.2) is 11.2 Å². The van der Waals surface area contributed by atoms with Crippen LogP contribution in [-0.2, 0) is 0 Å². The quantitative estimate of drug-likeness (QED) is 0.598. The molecule has 0 amide bonds. The molecule has 0 radical (unpaired) electrons. The van der Waals surface area contributed by atoms with Crippen molar-refractivity contribution >= 4 is 48.2 Å². The summed E-state index contributed by atoms with van der Waals surface area (Å²) in [5.41, 5.74) is 0. The third kappa shape index (κ3) is 2.45. The second kappa shape index (κ2) is 4.43. The van der Waals surface area contributed by atoms with Crippen LogP contribution in [-0.4, -0.2) is 19.3 Å². The largest absolute Gasteiger partial charge is 0.247 e. The summed E-state index contributed by atoms with van der Waals surface area (Å²) in [5, 5.41) is 3.42. The normalized spacial score (nSPS) is 11.9. The Bertz CT molecular complexity index is 349. The molecule has 0 atom stereocenters. The summed E-state index contributed by atoms with van der Waals surface area (Å²) in [6.07, 6.45) is 3.67. The first-order valence-corrected chi connectivity index (χ1v) is 9.74. The molecule has 0 aliphatic heterocycles. The van der Waals surface area contributed by atoms with Gasteiger partial charge in [-0.05, 0) is 11.4 Å². The maximum Gasteiger partial charge on any atom is 0.114 e. The topological polar surface area (TPSA) is 12.9 Å². The van der Waals surface area contributed by atoms with E-state index in [-0.39, 0.29) is 0 Å². The first-order valence-electron chi connectivity index (χ1n) is 4.26. The van der Waals surface area contributed by atoms with Crippen molar-refractivity contribution in [3.63, 3.8) is 0 Å². The van der Waals surface area contributed by atoms with Crippen LogP contribution in [0.1, 0.15) is 0 Å². The van der Waals surface area contributed by atoms with Gasteiger partial charge in [0.1, 0.15) is 5.03 Å². The highest BCUT2D eigenvalue weighted by molar-refractivity contribution is 7.98. The summed E-state index contributed by atoms with van der Waals surface area (Å²) in [4.78, 5) is 4.19. The highest BCUT2D eigenvalue weighted by Gasteiger charge is 2.25. The van der Waals surface area contributed by atoms with Gasteiger partial charge < -0.3 is 0 Å². The second-order valence-electron chi connectivity index (χ2n) is 4.05. The Kier molecular flexibility index (Phi) is 3.92. The summed E-state index contributed by atoms with van der Waals surface area (Å²) >= 11 is 13.9. The Morgan fingerprint density at radius 2 is 1.86 bits per heavy atom. The van der Waals surface area contributed by atoms with Gasteiger partial charge in [0.2, 0.25) is 0 Å². The molecule has 0 aliphatic rings. The lowest BCUT2D eigenvalue weighted by Crippen LogP contribution is -2.39. The molecule has 0 bridgehead atoms. The van der Waals surface area contributed by atoms with Crippen LogP contribution >= 0.6 is 35.0 Å². The van der Waals surface area contributed by atoms with Gasteiger partial charge in [-0.1, -0.05) is 42.8 Å². The van der Waals surface area contributed by atoms with E-state index in [9.17, 15) is 0 Å². The summed E-state index contributed by atoms with van der Waals surface area (Å²) in [6.45, 7) is 6.68. The van der Waals surface area contributed by atoms with Gasteiger partial charge in [-0.15, -0.1) is 11.8 Å². The molecular formula is C9H13Cl2NSSi. The second-order valence-corrected chi connectivity index (χ2v) is 10.6. The first-order chi connectivity index (χ1) is 6.38. The molecule has 0 fully saturated rings. The fourth-order valence-electron chi connectivity index (χ4n) is 1.28. The number of nitrogens with zero attached hydrogens (tertiary/aromatic N) is 1. The molecule has 0 saturated carbocycles. The van der Waals surface area contributed by atoms with Gasteiger partial charge in [0.15, 0.2) is 0 Å². The number of pyridine rings is 1. The van der Waals surface area contributed by atoms with E-state index in [1.807, 2.05) is 6.26 Å². The number of aromatic nitrogens is 1. The fraction of sp³-hybridized carbons (Fsp3) is 0.444. The van der Waals surface area contributed by atoms with Crippen LogP contribution in [0.3, 0.4) is 0 Å². The van der Waals surface area contributed by atoms with E-state index >= 15 is 0 Å². The van der Waals surface area contributed by atoms with Crippen LogP contribution < -0.4 is 5.19 Å². The standard InChI is InChI=1S/C9H13Cl2NSSi/c1-13-9-7(11)8(14(2,3)4)6(10)5-12-9/h5H,1-4H3. The van der Waals surface area contributed by atoms with E-state index in [2.05, 4.69) is 24.6 Å². The highest BCUT2D eigenvalue weighted by Crippen LogP contribution is 2.26. The average molecular weight is 266 g/mol. The van der Waals surface area contributed by atoms with Gasteiger partial charge in [0.25, 0.3) is 0 Å². The van der Waals surface area contributed by atoms with Gasteiger partial charge in [0, 0.05) is 6.20 Å². The Morgan fingerprint density at radius 3 is 2.29 bits per heavy atom. The Balaban J connectivity index is 3.40. The molecule has 1 rings (SSSR count). The van der Waals surface area contributed by atoms with Gasteiger partial charge in [0.05, 0.1) is 18.1 Å². The Hall–Kier alpha value is 0.297. The van der Waals surface area contributed by atoms with Crippen molar-refractivity contribution in [1.82, 2.24) is 4.98 Å². The van der Waals surface area contributed by atoms with E-state index in [0.29, 0.717) is 5.02 Å². The van der Waals surface area contributed by atoms with Crippen molar-refractivity contribution in [2.75, 3.05) is 6.26 Å². The molecule has 1 aromatic heterocycles. The molecule has 0 saturated heterocycles. The molecule has 0 unspecified atom stereocenters. The van der Waals surface area contributed by atoms with Crippen molar-refractivity contribution in [2.45, 2.75) is 24.7 Å². The molecular weight excluding hydrogens is 253 g/mol. The molecule has 0 N–H and O–H groups in total. The fourth-order valence-corrected chi connectivity index (χ4v) is 5.64. The third-order valence-corrected chi connectivity index (χ3v) is 5.68. The molecule has 0 aromatic carbocycles. The minimum atomic E-state index is -1.49. The zero-order chi connectivity index (χ0) is 10.9. The van der Waals surface area contributed by atoms with E-state index in [4.69, 9.17) is 23.2 Å². The number of hydrogen-bond acceptors (Lipinski definition) is 2. The van der Waals surface area contributed by atoms with Crippen molar-refractivity contribution in [3.05, 3.63) is 16.2 Å². The molecule has 0 spiro atoms. The molecule has 0 aliphatic carbocycles. The van der Waals surface area contributed by atoms with Gasteiger partial charge in [-0.2, -0.15) is 0 Å². The summed E-state index contributed by atoms with van der Waals surface area (Å²) in [7, 11) is -1.49. The van der Waals surface area contributed by atoms with E-state index in [1.165, 1.54) is 0 Å². The number of rotatable bonds is 2. The average Bonchev–Trinajstić information content (AvgIpc) is 2.02. The van der Waals surface area contributed by atoms with Gasteiger partial charge in [-0.25, -0.2) is 4.98 Å².